The minimum absolute atomic E-state index is 0.329. The van der Waals surface area contributed by atoms with E-state index in [1.807, 2.05) is 24.3 Å². The molecular weight excluding hydrogens is 303 g/mol. The Balaban J connectivity index is 2.14. The molecule has 22 heavy (non-hydrogen) atoms. The first-order chi connectivity index (χ1) is 10.7. The fourth-order valence-electron chi connectivity index (χ4n) is 2.52. The lowest BCUT2D eigenvalue weighted by Gasteiger charge is -2.17. The number of ether oxygens (including phenoxy) is 3. The number of methoxy groups -OCH3 is 1. The maximum absolute atomic E-state index is 13.7. The Hall–Kier alpha value is -1.82. The SMILES string of the molecule is COC(=S)c1ccccc1-c1ccc(F)cc1C1OCCO1. The number of hydrogen-bond donors (Lipinski definition) is 0. The summed E-state index contributed by atoms with van der Waals surface area (Å²) in [6.45, 7) is 0.998. The highest BCUT2D eigenvalue weighted by Crippen LogP contribution is 2.35. The van der Waals surface area contributed by atoms with Gasteiger partial charge in [0.15, 0.2) is 11.3 Å². The molecule has 0 bridgehead atoms. The Morgan fingerprint density at radius 2 is 1.86 bits per heavy atom. The molecule has 1 saturated heterocycles. The molecule has 3 rings (SSSR count). The molecular formula is C17H15FO3S. The lowest BCUT2D eigenvalue weighted by atomic mass is 9.95. The van der Waals surface area contributed by atoms with Crippen LogP contribution >= 0.6 is 12.2 Å². The van der Waals surface area contributed by atoms with Gasteiger partial charge in [0.05, 0.1) is 20.3 Å². The van der Waals surface area contributed by atoms with Crippen molar-refractivity contribution in [3.8, 4) is 11.1 Å². The average Bonchev–Trinajstić information content (AvgIpc) is 3.08. The molecule has 0 aromatic heterocycles. The van der Waals surface area contributed by atoms with Crippen molar-refractivity contribution < 1.29 is 18.6 Å². The molecule has 0 unspecified atom stereocenters. The van der Waals surface area contributed by atoms with E-state index in [9.17, 15) is 4.39 Å². The third-order valence-electron chi connectivity index (χ3n) is 3.51. The fourth-order valence-corrected chi connectivity index (χ4v) is 2.70. The Morgan fingerprint density at radius 3 is 2.59 bits per heavy atom. The molecule has 0 spiro atoms. The average molecular weight is 318 g/mol. The Bertz CT molecular complexity index is 696. The van der Waals surface area contributed by atoms with Crippen LogP contribution in [-0.4, -0.2) is 25.4 Å². The van der Waals surface area contributed by atoms with Gasteiger partial charge in [-0.1, -0.05) is 24.3 Å². The third kappa shape index (κ3) is 2.88. The van der Waals surface area contributed by atoms with E-state index in [-0.39, 0.29) is 5.82 Å². The zero-order valence-electron chi connectivity index (χ0n) is 12.0. The summed E-state index contributed by atoms with van der Waals surface area (Å²) in [6, 6.07) is 12.2. The molecule has 3 nitrogen and oxygen atoms in total. The van der Waals surface area contributed by atoms with Crippen molar-refractivity contribution in [2.24, 2.45) is 0 Å². The van der Waals surface area contributed by atoms with Crippen LogP contribution in [0.2, 0.25) is 0 Å². The van der Waals surface area contributed by atoms with Crippen molar-refractivity contribution in [3.63, 3.8) is 0 Å². The number of benzene rings is 2. The summed E-state index contributed by atoms with van der Waals surface area (Å²) < 4.78 is 29.9. The summed E-state index contributed by atoms with van der Waals surface area (Å²) in [6.07, 6.45) is -0.560. The molecule has 1 heterocycles. The van der Waals surface area contributed by atoms with Gasteiger partial charge in [0.2, 0.25) is 0 Å². The highest BCUT2D eigenvalue weighted by atomic mass is 32.1. The highest BCUT2D eigenvalue weighted by molar-refractivity contribution is 7.80. The lowest BCUT2D eigenvalue weighted by Crippen LogP contribution is -2.06. The molecule has 1 aliphatic rings. The molecule has 2 aromatic carbocycles. The predicted octanol–water partition coefficient (Wildman–Crippen LogP) is 3.86. The molecule has 0 saturated carbocycles. The third-order valence-corrected chi connectivity index (χ3v) is 3.90. The van der Waals surface area contributed by atoms with Crippen LogP contribution in [0.1, 0.15) is 17.4 Å². The van der Waals surface area contributed by atoms with Gasteiger partial charge in [0, 0.05) is 11.1 Å². The van der Waals surface area contributed by atoms with E-state index in [2.05, 4.69) is 0 Å². The van der Waals surface area contributed by atoms with Crippen molar-refractivity contribution in [1.82, 2.24) is 0 Å². The lowest BCUT2D eigenvalue weighted by molar-refractivity contribution is -0.0438. The van der Waals surface area contributed by atoms with E-state index in [0.29, 0.717) is 23.8 Å². The Labute approximate surface area is 133 Å². The van der Waals surface area contributed by atoms with Gasteiger partial charge in [0.25, 0.3) is 0 Å². The molecule has 5 heteroatoms. The molecule has 0 atom stereocenters. The number of rotatable bonds is 3. The van der Waals surface area contributed by atoms with Gasteiger partial charge >= 0.3 is 0 Å². The molecule has 0 radical (unpaired) electrons. The van der Waals surface area contributed by atoms with Crippen LogP contribution in [0.15, 0.2) is 42.5 Å². The summed E-state index contributed by atoms with van der Waals surface area (Å²) in [4.78, 5) is 0. The normalized spacial score (nSPS) is 15.0. The van der Waals surface area contributed by atoms with Gasteiger partial charge < -0.3 is 14.2 Å². The van der Waals surface area contributed by atoms with E-state index < -0.39 is 6.29 Å². The first-order valence-corrected chi connectivity index (χ1v) is 7.32. The Morgan fingerprint density at radius 1 is 1.14 bits per heavy atom. The number of halogens is 1. The maximum atomic E-state index is 13.7. The summed E-state index contributed by atoms with van der Waals surface area (Å²) in [5.74, 6) is -0.329. The van der Waals surface area contributed by atoms with Crippen molar-refractivity contribution >= 4 is 17.3 Å². The van der Waals surface area contributed by atoms with Crippen LogP contribution in [0.25, 0.3) is 11.1 Å². The van der Waals surface area contributed by atoms with Crippen molar-refractivity contribution in [1.29, 1.82) is 0 Å². The first kappa shape index (κ1) is 15.1. The van der Waals surface area contributed by atoms with Crippen LogP contribution in [-0.2, 0) is 14.2 Å². The van der Waals surface area contributed by atoms with Crippen molar-refractivity contribution in [3.05, 3.63) is 59.4 Å². The van der Waals surface area contributed by atoms with E-state index >= 15 is 0 Å². The van der Waals surface area contributed by atoms with Crippen LogP contribution in [0.3, 0.4) is 0 Å². The fraction of sp³-hybridized carbons (Fsp3) is 0.235. The second kappa shape index (κ2) is 6.52. The monoisotopic (exact) mass is 318 g/mol. The summed E-state index contributed by atoms with van der Waals surface area (Å²) >= 11 is 5.25. The first-order valence-electron chi connectivity index (χ1n) is 6.91. The van der Waals surface area contributed by atoms with Crippen LogP contribution in [0.4, 0.5) is 4.39 Å². The van der Waals surface area contributed by atoms with E-state index in [1.54, 1.807) is 6.07 Å². The van der Waals surface area contributed by atoms with Crippen LogP contribution < -0.4 is 0 Å². The van der Waals surface area contributed by atoms with Gasteiger partial charge in [-0.25, -0.2) is 4.39 Å². The second-order valence-electron chi connectivity index (χ2n) is 4.84. The molecule has 0 amide bonds. The van der Waals surface area contributed by atoms with E-state index in [1.165, 1.54) is 19.2 Å². The van der Waals surface area contributed by atoms with Gasteiger partial charge in [-0.15, -0.1) is 0 Å². The molecule has 1 fully saturated rings. The standard InChI is InChI=1S/C17H15FO3S/c1-19-17(22)14-5-3-2-4-12(14)13-7-6-11(18)10-15(13)16-20-8-9-21-16/h2-7,10,16H,8-9H2,1H3. The summed E-state index contributed by atoms with van der Waals surface area (Å²) in [7, 11) is 1.54. The van der Waals surface area contributed by atoms with Crippen LogP contribution in [0, 0.1) is 5.82 Å². The number of hydrogen-bond acceptors (Lipinski definition) is 4. The van der Waals surface area contributed by atoms with E-state index in [4.69, 9.17) is 26.4 Å². The molecule has 114 valence electrons. The van der Waals surface area contributed by atoms with Crippen LogP contribution in [0.5, 0.6) is 0 Å². The zero-order chi connectivity index (χ0) is 15.5. The molecule has 2 aromatic rings. The van der Waals surface area contributed by atoms with Crippen molar-refractivity contribution in [2.75, 3.05) is 20.3 Å². The molecule has 0 N–H and O–H groups in total. The van der Waals surface area contributed by atoms with E-state index in [0.717, 1.165) is 16.7 Å². The molecule has 1 aliphatic heterocycles. The minimum atomic E-state index is -0.560. The Kier molecular flexibility index (Phi) is 4.47. The van der Waals surface area contributed by atoms with Crippen molar-refractivity contribution in [2.45, 2.75) is 6.29 Å². The van der Waals surface area contributed by atoms with Gasteiger partial charge in [0.1, 0.15) is 5.82 Å². The second-order valence-corrected chi connectivity index (χ2v) is 5.21. The topological polar surface area (TPSA) is 27.7 Å². The summed E-state index contributed by atoms with van der Waals surface area (Å²) in [5.41, 5.74) is 3.13. The molecule has 0 aliphatic carbocycles. The summed E-state index contributed by atoms with van der Waals surface area (Å²) in [5, 5.41) is 0.388. The van der Waals surface area contributed by atoms with Gasteiger partial charge in [-0.05, 0) is 41.5 Å². The quantitative estimate of drug-likeness (QED) is 0.803. The maximum Gasteiger partial charge on any atom is 0.191 e. The predicted molar refractivity (Wildman–Crippen MR) is 85.2 cm³/mol. The largest absolute Gasteiger partial charge is 0.486 e. The smallest absolute Gasteiger partial charge is 0.191 e. The van der Waals surface area contributed by atoms with Gasteiger partial charge in [-0.3, -0.25) is 0 Å². The number of thiocarbonyl (C=S) groups is 1. The van der Waals surface area contributed by atoms with Gasteiger partial charge in [-0.2, -0.15) is 0 Å². The zero-order valence-corrected chi connectivity index (χ0v) is 12.9. The highest BCUT2D eigenvalue weighted by Gasteiger charge is 2.24. The minimum Gasteiger partial charge on any atom is -0.486 e.